The van der Waals surface area contributed by atoms with Gasteiger partial charge in [-0.25, -0.2) is 0 Å². The van der Waals surface area contributed by atoms with Gasteiger partial charge in [0, 0.05) is 16.5 Å². The highest BCUT2D eigenvalue weighted by molar-refractivity contribution is 14.1. The van der Waals surface area contributed by atoms with E-state index in [9.17, 15) is 19.5 Å². The van der Waals surface area contributed by atoms with Crippen LogP contribution in [0.2, 0.25) is 0 Å². The first kappa shape index (κ1) is 24.7. The summed E-state index contributed by atoms with van der Waals surface area (Å²) in [6.07, 6.45) is -0.233. The molecule has 2 amide bonds. The van der Waals surface area contributed by atoms with Crippen molar-refractivity contribution >= 4 is 40.2 Å². The number of aliphatic hydroxyl groups is 1. The Morgan fingerprint density at radius 1 is 1.23 bits per heavy atom. The van der Waals surface area contributed by atoms with Gasteiger partial charge in [-0.2, -0.15) is 0 Å². The summed E-state index contributed by atoms with van der Waals surface area (Å²) in [5.74, 6) is -0.783. The molecule has 2 rings (SSSR count). The third kappa shape index (κ3) is 6.24. The van der Waals surface area contributed by atoms with Crippen LogP contribution in [0, 0.1) is 8.99 Å². The van der Waals surface area contributed by atoms with Crippen LogP contribution in [0.4, 0.5) is 0 Å². The van der Waals surface area contributed by atoms with Crippen molar-refractivity contribution in [2.45, 2.75) is 64.8 Å². The first-order valence-corrected chi connectivity index (χ1v) is 11.2. The average molecular weight is 529 g/mol. The smallest absolute Gasteiger partial charge is 0.243 e. The minimum atomic E-state index is -0.802. The fourth-order valence-corrected chi connectivity index (χ4v) is 4.18. The number of halogens is 1. The summed E-state index contributed by atoms with van der Waals surface area (Å²) in [5, 5.41) is 16.0. The largest absolute Gasteiger partial charge is 0.391 e. The molecular weight excluding hydrogens is 497 g/mol. The highest BCUT2D eigenvalue weighted by Crippen LogP contribution is 2.26. The van der Waals surface area contributed by atoms with E-state index in [4.69, 9.17) is 0 Å². The number of hydrogen-bond acceptors (Lipinski definition) is 5. The lowest BCUT2D eigenvalue weighted by molar-refractivity contribution is -0.142. The number of β-amino-alcohol motifs (C(OH)–C–C–N with tert-alkyl or cyclic N) is 1. The van der Waals surface area contributed by atoms with Crippen molar-refractivity contribution in [3.63, 3.8) is 0 Å². The summed E-state index contributed by atoms with van der Waals surface area (Å²) in [6.45, 7) is 7.38. The SMILES string of the molecule is CN[C@H](C(=O)N1C[C@H](O)C[C@H]1C(=O)N[C@H](Cc1ccc(I)cc1)C(C)=O)C(C)(C)C. The van der Waals surface area contributed by atoms with E-state index in [0.717, 1.165) is 9.13 Å². The molecule has 1 aromatic carbocycles. The summed E-state index contributed by atoms with van der Waals surface area (Å²) in [5.41, 5.74) is 0.589. The van der Waals surface area contributed by atoms with Crippen LogP contribution < -0.4 is 10.6 Å². The minimum absolute atomic E-state index is 0.104. The van der Waals surface area contributed by atoms with Gasteiger partial charge in [-0.3, -0.25) is 14.4 Å². The van der Waals surface area contributed by atoms with Gasteiger partial charge in [0.05, 0.1) is 18.2 Å². The normalized spacial score (nSPS) is 21.2. The fraction of sp³-hybridized carbons (Fsp3) is 0.591. The molecule has 3 N–H and O–H groups in total. The van der Waals surface area contributed by atoms with Crippen molar-refractivity contribution in [3.8, 4) is 0 Å². The summed E-state index contributed by atoms with van der Waals surface area (Å²) in [4.78, 5) is 39.8. The molecule has 0 unspecified atom stereocenters. The quantitative estimate of drug-likeness (QED) is 0.466. The summed E-state index contributed by atoms with van der Waals surface area (Å²) in [7, 11) is 1.71. The number of aliphatic hydroxyl groups excluding tert-OH is 1. The first-order valence-electron chi connectivity index (χ1n) is 10.1. The van der Waals surface area contributed by atoms with E-state index in [1.165, 1.54) is 11.8 Å². The number of likely N-dealkylation sites (N-methyl/N-ethyl adjacent to an activating group) is 1. The molecular formula is C22H32IN3O4. The Kier molecular flexibility index (Phi) is 8.41. The maximum absolute atomic E-state index is 13.1. The van der Waals surface area contributed by atoms with E-state index in [2.05, 4.69) is 33.2 Å². The molecule has 0 aliphatic carbocycles. The Morgan fingerprint density at radius 3 is 2.33 bits per heavy atom. The van der Waals surface area contributed by atoms with Crippen molar-refractivity contribution in [1.82, 2.24) is 15.5 Å². The summed E-state index contributed by atoms with van der Waals surface area (Å²) < 4.78 is 1.09. The number of amides is 2. The number of nitrogens with one attached hydrogen (secondary N) is 2. The monoisotopic (exact) mass is 529 g/mol. The van der Waals surface area contributed by atoms with Crippen molar-refractivity contribution in [2.75, 3.05) is 13.6 Å². The van der Waals surface area contributed by atoms with E-state index >= 15 is 0 Å². The average Bonchev–Trinajstić information content (AvgIpc) is 3.04. The van der Waals surface area contributed by atoms with Crippen LogP contribution in [-0.4, -0.2) is 65.4 Å². The van der Waals surface area contributed by atoms with Crippen molar-refractivity contribution in [3.05, 3.63) is 33.4 Å². The Bertz CT molecular complexity index is 776. The van der Waals surface area contributed by atoms with Crippen molar-refractivity contribution < 1.29 is 19.5 Å². The predicted molar refractivity (Wildman–Crippen MR) is 124 cm³/mol. The first-order chi connectivity index (χ1) is 13.9. The van der Waals surface area contributed by atoms with Gasteiger partial charge in [0.15, 0.2) is 5.78 Å². The molecule has 1 heterocycles. The topological polar surface area (TPSA) is 98.7 Å². The molecule has 4 atom stereocenters. The van der Waals surface area contributed by atoms with Crippen LogP contribution >= 0.6 is 22.6 Å². The molecule has 30 heavy (non-hydrogen) atoms. The third-order valence-electron chi connectivity index (χ3n) is 5.43. The highest BCUT2D eigenvalue weighted by Gasteiger charge is 2.43. The van der Waals surface area contributed by atoms with Crippen LogP contribution in [-0.2, 0) is 20.8 Å². The summed E-state index contributed by atoms with van der Waals surface area (Å²) in [6, 6.07) is 5.78. The van der Waals surface area contributed by atoms with Gasteiger partial charge in [0.2, 0.25) is 11.8 Å². The zero-order valence-corrected chi connectivity index (χ0v) is 20.4. The Morgan fingerprint density at radius 2 is 1.83 bits per heavy atom. The van der Waals surface area contributed by atoms with E-state index in [0.29, 0.717) is 6.42 Å². The van der Waals surface area contributed by atoms with Gasteiger partial charge in [-0.15, -0.1) is 0 Å². The lowest BCUT2D eigenvalue weighted by atomic mass is 9.86. The number of rotatable bonds is 7. The molecule has 0 spiro atoms. The number of benzene rings is 1. The number of likely N-dealkylation sites (tertiary alicyclic amines) is 1. The molecule has 1 saturated heterocycles. The maximum Gasteiger partial charge on any atom is 0.243 e. The predicted octanol–water partition coefficient (Wildman–Crippen LogP) is 1.50. The van der Waals surface area contributed by atoms with Crippen LogP contribution in [0.25, 0.3) is 0 Å². The van der Waals surface area contributed by atoms with Crippen LogP contribution in [0.5, 0.6) is 0 Å². The van der Waals surface area contributed by atoms with Gasteiger partial charge in [0.1, 0.15) is 6.04 Å². The fourth-order valence-electron chi connectivity index (χ4n) is 3.82. The molecule has 1 aliphatic rings. The van der Waals surface area contributed by atoms with E-state index < -0.39 is 30.1 Å². The summed E-state index contributed by atoms with van der Waals surface area (Å²) >= 11 is 2.21. The lowest BCUT2D eigenvalue weighted by Crippen LogP contribution is -2.57. The van der Waals surface area contributed by atoms with Gasteiger partial charge in [-0.1, -0.05) is 32.9 Å². The standard InChI is InChI=1S/C22H32IN3O4/c1-13(27)17(10-14-6-8-15(23)9-7-14)25-20(29)18-11-16(28)12-26(18)21(30)19(24-5)22(2,3)4/h6-9,16-19,24,28H,10-12H2,1-5H3,(H,25,29)/t16-,17-,18+,19-/m1/s1. The van der Waals surface area contributed by atoms with Gasteiger partial charge >= 0.3 is 0 Å². The zero-order valence-electron chi connectivity index (χ0n) is 18.2. The van der Waals surface area contributed by atoms with Crippen LogP contribution in [0.1, 0.15) is 39.7 Å². The second-order valence-electron chi connectivity index (χ2n) is 8.99. The van der Waals surface area contributed by atoms with Gasteiger partial charge < -0.3 is 20.6 Å². The molecule has 7 nitrogen and oxygen atoms in total. The number of carbonyl (C=O) groups is 3. The highest BCUT2D eigenvalue weighted by atomic mass is 127. The van der Waals surface area contributed by atoms with Crippen molar-refractivity contribution in [2.24, 2.45) is 5.41 Å². The van der Waals surface area contributed by atoms with Crippen LogP contribution in [0.15, 0.2) is 24.3 Å². The number of carbonyl (C=O) groups excluding carboxylic acids is 3. The van der Waals surface area contributed by atoms with Crippen LogP contribution in [0.3, 0.4) is 0 Å². The number of nitrogens with zero attached hydrogens (tertiary/aromatic N) is 1. The Labute approximate surface area is 192 Å². The van der Waals surface area contributed by atoms with Gasteiger partial charge in [-0.05, 0) is 66.1 Å². The van der Waals surface area contributed by atoms with Gasteiger partial charge in [0.25, 0.3) is 0 Å². The lowest BCUT2D eigenvalue weighted by Gasteiger charge is -2.35. The molecule has 166 valence electrons. The molecule has 0 radical (unpaired) electrons. The third-order valence-corrected chi connectivity index (χ3v) is 6.15. The zero-order chi connectivity index (χ0) is 22.6. The number of Topliss-reactive ketones (excluding diaryl/α,β-unsaturated/α-hetero) is 1. The Balaban J connectivity index is 2.16. The number of ketones is 1. The second-order valence-corrected chi connectivity index (χ2v) is 10.2. The van der Waals surface area contributed by atoms with E-state index in [1.807, 2.05) is 45.0 Å². The molecule has 1 fully saturated rings. The minimum Gasteiger partial charge on any atom is -0.391 e. The maximum atomic E-state index is 13.1. The van der Waals surface area contributed by atoms with Crippen molar-refractivity contribution in [1.29, 1.82) is 0 Å². The molecule has 1 aromatic rings. The number of hydrogen-bond donors (Lipinski definition) is 3. The molecule has 0 aromatic heterocycles. The molecule has 0 saturated carbocycles. The molecule has 1 aliphatic heterocycles. The van der Waals surface area contributed by atoms with E-state index in [-0.39, 0.29) is 30.1 Å². The molecule has 8 heteroatoms. The second kappa shape index (κ2) is 10.2. The Hall–Kier alpha value is -1.52. The van der Waals surface area contributed by atoms with E-state index in [1.54, 1.807) is 7.05 Å². The molecule has 0 bridgehead atoms.